The van der Waals surface area contributed by atoms with Crippen molar-refractivity contribution in [3.05, 3.63) is 29.8 Å². The summed E-state index contributed by atoms with van der Waals surface area (Å²) in [7, 11) is 1.88. The Hall–Kier alpha value is -1.35. The lowest BCUT2D eigenvalue weighted by atomic mass is 10.0. The van der Waals surface area contributed by atoms with Crippen LogP contribution < -0.4 is 11.1 Å². The molecule has 0 saturated carbocycles. The van der Waals surface area contributed by atoms with Crippen LogP contribution in [0.1, 0.15) is 18.9 Å². The van der Waals surface area contributed by atoms with E-state index in [0.29, 0.717) is 12.1 Å². The molecule has 76 valence electrons. The topological polar surface area (TPSA) is 61.9 Å². The average molecular weight is 191 g/mol. The predicted octanol–water partition coefficient (Wildman–Crippen LogP) is 1.83. The molecule has 3 nitrogen and oxygen atoms in total. The summed E-state index contributed by atoms with van der Waals surface area (Å²) >= 11 is 0. The zero-order chi connectivity index (χ0) is 10.6. The Balaban J connectivity index is 2.71. The lowest BCUT2D eigenvalue weighted by Crippen LogP contribution is -2.19. The molecule has 0 heterocycles. The highest BCUT2D eigenvalue weighted by molar-refractivity contribution is 5.98. The SMILES string of the molecule is CNc1ccc(C(=N)CC(C)N)cc1. The molecule has 0 aliphatic rings. The van der Waals surface area contributed by atoms with Crippen LogP contribution in [-0.4, -0.2) is 18.8 Å². The molecule has 14 heavy (non-hydrogen) atoms. The van der Waals surface area contributed by atoms with Gasteiger partial charge in [-0.3, -0.25) is 0 Å². The molecule has 1 rings (SSSR count). The molecule has 1 atom stereocenters. The van der Waals surface area contributed by atoms with E-state index in [2.05, 4.69) is 5.32 Å². The summed E-state index contributed by atoms with van der Waals surface area (Å²) in [6, 6.07) is 7.86. The summed E-state index contributed by atoms with van der Waals surface area (Å²) < 4.78 is 0. The van der Waals surface area contributed by atoms with Gasteiger partial charge < -0.3 is 16.5 Å². The van der Waals surface area contributed by atoms with Crippen molar-refractivity contribution in [1.29, 1.82) is 5.41 Å². The molecule has 1 unspecified atom stereocenters. The number of benzene rings is 1. The zero-order valence-electron chi connectivity index (χ0n) is 8.67. The maximum Gasteiger partial charge on any atom is 0.0401 e. The molecule has 0 aromatic heterocycles. The van der Waals surface area contributed by atoms with Gasteiger partial charge >= 0.3 is 0 Å². The monoisotopic (exact) mass is 191 g/mol. The normalized spacial score (nSPS) is 12.2. The van der Waals surface area contributed by atoms with E-state index in [4.69, 9.17) is 11.1 Å². The first-order valence-corrected chi connectivity index (χ1v) is 4.74. The van der Waals surface area contributed by atoms with E-state index >= 15 is 0 Å². The van der Waals surface area contributed by atoms with Gasteiger partial charge in [0.25, 0.3) is 0 Å². The molecule has 0 saturated heterocycles. The Morgan fingerprint density at radius 2 is 2.00 bits per heavy atom. The van der Waals surface area contributed by atoms with Crippen molar-refractivity contribution >= 4 is 11.4 Å². The molecule has 0 amide bonds. The fourth-order valence-corrected chi connectivity index (χ4v) is 1.28. The van der Waals surface area contributed by atoms with E-state index in [0.717, 1.165) is 11.3 Å². The van der Waals surface area contributed by atoms with Crippen molar-refractivity contribution < 1.29 is 0 Å². The highest BCUT2D eigenvalue weighted by Crippen LogP contribution is 2.10. The van der Waals surface area contributed by atoms with E-state index in [1.807, 2.05) is 38.2 Å². The van der Waals surface area contributed by atoms with Crippen molar-refractivity contribution in [3.8, 4) is 0 Å². The maximum absolute atomic E-state index is 7.79. The molecule has 0 aliphatic carbocycles. The summed E-state index contributed by atoms with van der Waals surface area (Å²) in [5.41, 5.74) is 8.24. The van der Waals surface area contributed by atoms with Crippen molar-refractivity contribution in [2.75, 3.05) is 12.4 Å². The van der Waals surface area contributed by atoms with Crippen LogP contribution in [0.2, 0.25) is 0 Å². The number of nitrogens with one attached hydrogen (secondary N) is 2. The van der Waals surface area contributed by atoms with Gasteiger partial charge in [0.05, 0.1) is 0 Å². The van der Waals surface area contributed by atoms with Gasteiger partial charge in [-0.05, 0) is 24.6 Å². The number of nitrogens with two attached hydrogens (primary N) is 1. The lowest BCUT2D eigenvalue weighted by Gasteiger charge is -2.07. The third kappa shape index (κ3) is 2.85. The fourth-order valence-electron chi connectivity index (χ4n) is 1.28. The van der Waals surface area contributed by atoms with Gasteiger partial charge in [-0.1, -0.05) is 12.1 Å². The minimum Gasteiger partial charge on any atom is -0.388 e. The van der Waals surface area contributed by atoms with Crippen molar-refractivity contribution in [1.82, 2.24) is 0 Å². The number of hydrogen-bond acceptors (Lipinski definition) is 3. The second-order valence-electron chi connectivity index (χ2n) is 3.49. The van der Waals surface area contributed by atoms with E-state index in [1.54, 1.807) is 0 Å². The summed E-state index contributed by atoms with van der Waals surface area (Å²) in [6.45, 7) is 1.91. The standard InChI is InChI=1S/C11H17N3/c1-8(12)7-11(13)9-3-5-10(14-2)6-4-9/h3-6,8,13-14H,7,12H2,1-2H3. The molecule has 1 aromatic carbocycles. The maximum atomic E-state index is 7.79. The molecular formula is C11H17N3. The van der Waals surface area contributed by atoms with Gasteiger partial charge in [0.15, 0.2) is 0 Å². The first kappa shape index (κ1) is 10.7. The third-order valence-corrected chi connectivity index (χ3v) is 2.05. The molecule has 0 fully saturated rings. The van der Waals surface area contributed by atoms with Gasteiger partial charge in [0, 0.05) is 30.9 Å². The van der Waals surface area contributed by atoms with Crippen LogP contribution in [0.5, 0.6) is 0 Å². The Morgan fingerprint density at radius 3 is 2.43 bits per heavy atom. The van der Waals surface area contributed by atoms with E-state index in [9.17, 15) is 0 Å². The summed E-state index contributed by atoms with van der Waals surface area (Å²) in [5, 5.41) is 10.8. The molecule has 1 aromatic rings. The van der Waals surface area contributed by atoms with Crippen molar-refractivity contribution in [2.45, 2.75) is 19.4 Å². The Morgan fingerprint density at radius 1 is 1.43 bits per heavy atom. The number of anilines is 1. The Kier molecular flexibility index (Phi) is 3.65. The van der Waals surface area contributed by atoms with E-state index in [-0.39, 0.29) is 6.04 Å². The van der Waals surface area contributed by atoms with Gasteiger partial charge in [-0.25, -0.2) is 0 Å². The predicted molar refractivity (Wildman–Crippen MR) is 61.1 cm³/mol. The van der Waals surface area contributed by atoms with Gasteiger partial charge in [0.2, 0.25) is 0 Å². The summed E-state index contributed by atoms with van der Waals surface area (Å²) in [6.07, 6.45) is 0.624. The smallest absolute Gasteiger partial charge is 0.0401 e. The van der Waals surface area contributed by atoms with Crippen LogP contribution >= 0.6 is 0 Å². The van der Waals surface area contributed by atoms with E-state index in [1.165, 1.54) is 0 Å². The van der Waals surface area contributed by atoms with Crippen LogP contribution in [0.3, 0.4) is 0 Å². The third-order valence-electron chi connectivity index (χ3n) is 2.05. The summed E-state index contributed by atoms with van der Waals surface area (Å²) in [4.78, 5) is 0. The van der Waals surface area contributed by atoms with Crippen molar-refractivity contribution in [3.63, 3.8) is 0 Å². The fraction of sp³-hybridized carbons (Fsp3) is 0.364. The zero-order valence-corrected chi connectivity index (χ0v) is 8.67. The minimum absolute atomic E-state index is 0.0477. The van der Waals surface area contributed by atoms with E-state index < -0.39 is 0 Å². The molecule has 0 radical (unpaired) electrons. The van der Waals surface area contributed by atoms with Crippen LogP contribution in [0.25, 0.3) is 0 Å². The first-order chi connectivity index (χ1) is 6.63. The summed E-state index contributed by atoms with van der Waals surface area (Å²) in [5.74, 6) is 0. The Labute approximate surface area is 84.8 Å². The Bertz CT molecular complexity index is 301. The number of hydrogen-bond donors (Lipinski definition) is 3. The quantitative estimate of drug-likeness (QED) is 0.636. The molecule has 4 N–H and O–H groups in total. The largest absolute Gasteiger partial charge is 0.388 e. The molecular weight excluding hydrogens is 174 g/mol. The van der Waals surface area contributed by atoms with Crippen LogP contribution in [0.4, 0.5) is 5.69 Å². The van der Waals surface area contributed by atoms with Gasteiger partial charge in [0.1, 0.15) is 0 Å². The molecule has 3 heteroatoms. The molecule has 0 aliphatic heterocycles. The number of rotatable bonds is 4. The van der Waals surface area contributed by atoms with Crippen LogP contribution in [0, 0.1) is 5.41 Å². The second-order valence-corrected chi connectivity index (χ2v) is 3.49. The first-order valence-electron chi connectivity index (χ1n) is 4.74. The highest BCUT2D eigenvalue weighted by Gasteiger charge is 2.03. The highest BCUT2D eigenvalue weighted by atomic mass is 14.8. The van der Waals surface area contributed by atoms with Gasteiger partial charge in [-0.2, -0.15) is 0 Å². The second kappa shape index (κ2) is 4.77. The van der Waals surface area contributed by atoms with Crippen LogP contribution in [0.15, 0.2) is 24.3 Å². The lowest BCUT2D eigenvalue weighted by molar-refractivity contribution is 0.777. The average Bonchev–Trinajstić information content (AvgIpc) is 2.17. The molecule has 0 spiro atoms. The van der Waals surface area contributed by atoms with Crippen LogP contribution in [-0.2, 0) is 0 Å². The van der Waals surface area contributed by atoms with Crippen molar-refractivity contribution in [2.24, 2.45) is 5.73 Å². The minimum atomic E-state index is 0.0477. The molecule has 0 bridgehead atoms. The van der Waals surface area contributed by atoms with Gasteiger partial charge in [-0.15, -0.1) is 0 Å².